The molecule has 3 aromatic rings. The zero-order valence-electron chi connectivity index (χ0n) is 12.4. The van der Waals surface area contributed by atoms with Crippen LogP contribution < -0.4 is 0 Å². The minimum absolute atomic E-state index is 0.490. The van der Waals surface area contributed by atoms with Crippen LogP contribution in [-0.2, 0) is 0 Å². The van der Waals surface area contributed by atoms with Crippen molar-refractivity contribution in [3.63, 3.8) is 0 Å². The van der Waals surface area contributed by atoms with Gasteiger partial charge >= 0.3 is 0 Å². The van der Waals surface area contributed by atoms with E-state index in [1.54, 1.807) is 0 Å². The van der Waals surface area contributed by atoms with Crippen LogP contribution in [0.5, 0.6) is 0 Å². The molecule has 4 rings (SSSR count). The minimum Gasteiger partial charge on any atom is -0.118 e. The number of fused-ring (bicyclic) bond motifs is 1. The van der Waals surface area contributed by atoms with Crippen molar-refractivity contribution in [3.05, 3.63) is 102 Å². The van der Waals surface area contributed by atoms with E-state index in [9.17, 15) is 0 Å². The van der Waals surface area contributed by atoms with Crippen molar-refractivity contribution in [2.75, 3.05) is 0 Å². The number of hydrogen-bond donors (Lipinski definition) is 0. The molecular weight excluding hydrogens is 284 g/mol. The Balaban J connectivity index is 1.77. The molecule has 0 spiro atoms. The van der Waals surface area contributed by atoms with Crippen molar-refractivity contribution >= 4 is 11.8 Å². The van der Waals surface area contributed by atoms with Gasteiger partial charge in [-0.1, -0.05) is 78.9 Å². The fourth-order valence-corrected chi connectivity index (χ4v) is 4.68. The smallest absolute Gasteiger partial charge is 0.0353 e. The summed E-state index contributed by atoms with van der Waals surface area (Å²) < 4.78 is 0. The van der Waals surface area contributed by atoms with Gasteiger partial charge in [0.15, 0.2) is 0 Å². The van der Waals surface area contributed by atoms with Gasteiger partial charge in [-0.3, -0.25) is 0 Å². The molecule has 0 nitrogen and oxygen atoms in total. The van der Waals surface area contributed by atoms with Crippen molar-refractivity contribution < 1.29 is 0 Å². The molecule has 0 aliphatic carbocycles. The van der Waals surface area contributed by atoms with Crippen molar-refractivity contribution in [1.82, 2.24) is 0 Å². The SMILES string of the molecule is c1ccc([C@@H]2C[C@H](c3ccccc3)Sc3ccccc32)cc1. The van der Waals surface area contributed by atoms with Gasteiger partial charge in [0.25, 0.3) is 0 Å². The van der Waals surface area contributed by atoms with Crippen LogP contribution in [0, 0.1) is 0 Å². The molecule has 3 aromatic carbocycles. The maximum atomic E-state index is 2.29. The largest absolute Gasteiger partial charge is 0.118 e. The Morgan fingerprint density at radius 3 is 1.95 bits per heavy atom. The molecule has 0 saturated heterocycles. The molecule has 0 amide bonds. The number of benzene rings is 3. The quantitative estimate of drug-likeness (QED) is 0.555. The molecule has 0 unspecified atom stereocenters. The van der Waals surface area contributed by atoms with Crippen LogP contribution in [0.1, 0.15) is 34.3 Å². The molecule has 0 saturated carbocycles. The Labute approximate surface area is 136 Å². The highest BCUT2D eigenvalue weighted by molar-refractivity contribution is 7.99. The number of thioether (sulfide) groups is 1. The molecule has 0 fully saturated rings. The zero-order chi connectivity index (χ0) is 14.8. The van der Waals surface area contributed by atoms with Crippen molar-refractivity contribution in [1.29, 1.82) is 0 Å². The Morgan fingerprint density at radius 1 is 0.636 bits per heavy atom. The van der Waals surface area contributed by atoms with Gasteiger partial charge in [0, 0.05) is 16.1 Å². The van der Waals surface area contributed by atoms with Crippen LogP contribution >= 0.6 is 11.8 Å². The van der Waals surface area contributed by atoms with E-state index >= 15 is 0 Å². The van der Waals surface area contributed by atoms with Gasteiger partial charge in [0.2, 0.25) is 0 Å². The van der Waals surface area contributed by atoms with E-state index in [0.29, 0.717) is 11.2 Å². The Bertz CT molecular complexity index is 749. The predicted octanol–water partition coefficient (Wildman–Crippen LogP) is 6.06. The predicted molar refractivity (Wildman–Crippen MR) is 94.4 cm³/mol. The molecule has 0 radical (unpaired) electrons. The number of rotatable bonds is 2. The third kappa shape index (κ3) is 2.57. The molecule has 1 heteroatoms. The van der Waals surface area contributed by atoms with E-state index in [0.717, 1.165) is 6.42 Å². The number of hydrogen-bond acceptors (Lipinski definition) is 1. The highest BCUT2D eigenvalue weighted by atomic mass is 32.2. The van der Waals surface area contributed by atoms with Gasteiger partial charge < -0.3 is 0 Å². The van der Waals surface area contributed by atoms with E-state index in [2.05, 4.69) is 84.9 Å². The summed E-state index contributed by atoms with van der Waals surface area (Å²) in [5, 5.41) is 0.529. The molecule has 22 heavy (non-hydrogen) atoms. The maximum absolute atomic E-state index is 2.29. The van der Waals surface area contributed by atoms with Crippen molar-refractivity contribution in [2.24, 2.45) is 0 Å². The first kappa shape index (κ1) is 13.7. The zero-order valence-corrected chi connectivity index (χ0v) is 13.2. The summed E-state index contributed by atoms with van der Waals surface area (Å²) >= 11 is 2.01. The van der Waals surface area contributed by atoms with Crippen LogP contribution in [-0.4, -0.2) is 0 Å². The summed E-state index contributed by atoms with van der Waals surface area (Å²) in [6, 6.07) is 30.7. The molecule has 1 aliphatic rings. The van der Waals surface area contributed by atoms with E-state index < -0.39 is 0 Å². The molecular formula is C21H18S. The van der Waals surface area contributed by atoms with Crippen LogP contribution in [0.2, 0.25) is 0 Å². The van der Waals surface area contributed by atoms with Crippen LogP contribution in [0.15, 0.2) is 89.8 Å². The van der Waals surface area contributed by atoms with Gasteiger partial charge in [-0.05, 0) is 29.2 Å². The summed E-state index contributed by atoms with van der Waals surface area (Å²) in [6.07, 6.45) is 1.16. The molecule has 1 heterocycles. The second-order valence-electron chi connectivity index (χ2n) is 5.75. The average Bonchev–Trinajstić information content (AvgIpc) is 2.62. The second-order valence-corrected chi connectivity index (χ2v) is 7.00. The van der Waals surface area contributed by atoms with Crippen LogP contribution in [0.4, 0.5) is 0 Å². The second kappa shape index (κ2) is 6.02. The summed E-state index contributed by atoms with van der Waals surface area (Å²) in [4.78, 5) is 1.43. The lowest BCUT2D eigenvalue weighted by Gasteiger charge is -2.31. The molecule has 2 atom stereocenters. The monoisotopic (exact) mass is 302 g/mol. The van der Waals surface area contributed by atoms with Crippen molar-refractivity contribution in [2.45, 2.75) is 22.5 Å². The average molecular weight is 302 g/mol. The summed E-state index contributed by atoms with van der Waals surface area (Å²) in [5.41, 5.74) is 4.34. The molecule has 1 aliphatic heterocycles. The van der Waals surface area contributed by atoms with Crippen LogP contribution in [0.25, 0.3) is 0 Å². The first-order valence-electron chi connectivity index (χ1n) is 7.77. The normalized spacial score (nSPS) is 20.4. The van der Waals surface area contributed by atoms with Gasteiger partial charge in [0.1, 0.15) is 0 Å². The Hall–Kier alpha value is -1.99. The van der Waals surface area contributed by atoms with Gasteiger partial charge in [-0.25, -0.2) is 0 Å². The van der Waals surface area contributed by atoms with Gasteiger partial charge in [-0.2, -0.15) is 0 Å². The molecule has 0 aromatic heterocycles. The first-order valence-corrected chi connectivity index (χ1v) is 8.65. The third-order valence-corrected chi connectivity index (χ3v) is 5.76. The first-order chi connectivity index (χ1) is 10.9. The topological polar surface area (TPSA) is 0 Å². The highest BCUT2D eigenvalue weighted by Crippen LogP contribution is 2.51. The van der Waals surface area contributed by atoms with E-state index in [1.165, 1.54) is 21.6 Å². The minimum atomic E-state index is 0.490. The lowest BCUT2D eigenvalue weighted by Crippen LogP contribution is -2.12. The third-order valence-electron chi connectivity index (χ3n) is 4.39. The Morgan fingerprint density at radius 2 is 1.23 bits per heavy atom. The van der Waals surface area contributed by atoms with Gasteiger partial charge in [-0.15, -0.1) is 11.8 Å². The van der Waals surface area contributed by atoms with E-state index in [-0.39, 0.29) is 0 Å². The fourth-order valence-electron chi connectivity index (χ4n) is 3.29. The summed E-state index contributed by atoms with van der Waals surface area (Å²) in [7, 11) is 0. The lowest BCUT2D eigenvalue weighted by atomic mass is 9.85. The lowest BCUT2D eigenvalue weighted by molar-refractivity contribution is 0.677. The molecule has 0 bridgehead atoms. The van der Waals surface area contributed by atoms with E-state index in [4.69, 9.17) is 0 Å². The van der Waals surface area contributed by atoms with Gasteiger partial charge in [0.05, 0.1) is 0 Å². The highest BCUT2D eigenvalue weighted by Gasteiger charge is 2.29. The Kier molecular flexibility index (Phi) is 3.74. The van der Waals surface area contributed by atoms with E-state index in [1.807, 2.05) is 11.8 Å². The summed E-state index contributed by atoms with van der Waals surface area (Å²) in [5.74, 6) is 0.490. The maximum Gasteiger partial charge on any atom is 0.0353 e. The molecule has 0 N–H and O–H groups in total. The molecule has 108 valence electrons. The van der Waals surface area contributed by atoms with Crippen molar-refractivity contribution in [3.8, 4) is 0 Å². The standard InChI is InChI=1S/C21H18S/c1-3-9-16(10-4-1)19-15-21(17-11-5-2-6-12-17)22-20-14-8-7-13-18(19)20/h1-14,19,21H,15H2/t19-,21+/m0/s1. The van der Waals surface area contributed by atoms with Crippen LogP contribution in [0.3, 0.4) is 0 Å². The fraction of sp³-hybridized carbons (Fsp3) is 0.143. The summed E-state index contributed by atoms with van der Waals surface area (Å²) in [6.45, 7) is 0.